The molecule has 0 spiro atoms. The van der Waals surface area contributed by atoms with Gasteiger partial charge >= 0.3 is 0 Å². The number of amides is 1. The van der Waals surface area contributed by atoms with Crippen molar-refractivity contribution in [1.29, 1.82) is 0 Å². The van der Waals surface area contributed by atoms with Crippen molar-refractivity contribution in [1.82, 2.24) is 9.97 Å². The van der Waals surface area contributed by atoms with Crippen LogP contribution in [0, 0.1) is 5.92 Å². The highest BCUT2D eigenvalue weighted by Gasteiger charge is 2.30. The zero-order chi connectivity index (χ0) is 10.3. The van der Waals surface area contributed by atoms with Crippen LogP contribution >= 0.6 is 11.3 Å². The minimum Gasteiger partial charge on any atom is -0.310 e. The standard InChI is InChI=1S/C10H9N3OS/c14-9(6-1-2-6)13-8-7-3-4-15-10(7)12-5-11-8/h3-6H,1-2H2,(H,11,12,13,14). The van der Waals surface area contributed by atoms with Gasteiger partial charge in [0.2, 0.25) is 5.91 Å². The van der Waals surface area contributed by atoms with Crippen LogP contribution < -0.4 is 5.32 Å². The van der Waals surface area contributed by atoms with E-state index in [2.05, 4.69) is 15.3 Å². The highest BCUT2D eigenvalue weighted by Crippen LogP contribution is 2.31. The van der Waals surface area contributed by atoms with Gasteiger partial charge in [-0.15, -0.1) is 11.3 Å². The van der Waals surface area contributed by atoms with Crippen molar-refractivity contribution >= 4 is 33.3 Å². The van der Waals surface area contributed by atoms with E-state index in [9.17, 15) is 4.79 Å². The quantitative estimate of drug-likeness (QED) is 0.840. The van der Waals surface area contributed by atoms with Crippen molar-refractivity contribution in [3.63, 3.8) is 0 Å². The molecule has 5 heteroatoms. The van der Waals surface area contributed by atoms with Crippen molar-refractivity contribution in [2.45, 2.75) is 12.8 Å². The Labute approximate surface area is 90.4 Å². The summed E-state index contributed by atoms with van der Waals surface area (Å²) in [7, 11) is 0. The van der Waals surface area contributed by atoms with Crippen LogP contribution in [0.3, 0.4) is 0 Å². The van der Waals surface area contributed by atoms with Crippen LogP contribution in [0.5, 0.6) is 0 Å². The van der Waals surface area contributed by atoms with Gasteiger partial charge in [-0.25, -0.2) is 9.97 Å². The maximum Gasteiger partial charge on any atom is 0.228 e. The van der Waals surface area contributed by atoms with Crippen molar-refractivity contribution in [3.8, 4) is 0 Å². The lowest BCUT2D eigenvalue weighted by atomic mass is 10.3. The fraction of sp³-hybridized carbons (Fsp3) is 0.300. The Morgan fingerprint density at radius 1 is 1.47 bits per heavy atom. The van der Waals surface area contributed by atoms with Crippen LogP contribution in [0.15, 0.2) is 17.8 Å². The van der Waals surface area contributed by atoms with Crippen molar-refractivity contribution in [2.75, 3.05) is 5.32 Å². The van der Waals surface area contributed by atoms with Gasteiger partial charge in [0.15, 0.2) is 0 Å². The van der Waals surface area contributed by atoms with Crippen LogP contribution in [0.2, 0.25) is 0 Å². The molecule has 0 atom stereocenters. The van der Waals surface area contributed by atoms with Crippen LogP contribution in [0.4, 0.5) is 5.82 Å². The molecule has 76 valence electrons. The molecule has 1 aliphatic carbocycles. The number of aromatic nitrogens is 2. The normalized spacial score (nSPS) is 15.5. The highest BCUT2D eigenvalue weighted by molar-refractivity contribution is 7.16. The van der Waals surface area contributed by atoms with Gasteiger partial charge in [-0.1, -0.05) is 0 Å². The first kappa shape index (κ1) is 8.79. The number of carbonyl (C=O) groups is 1. The molecule has 0 bridgehead atoms. The SMILES string of the molecule is O=C(Nc1ncnc2sccc12)C1CC1. The summed E-state index contributed by atoms with van der Waals surface area (Å²) in [5, 5.41) is 5.73. The maximum atomic E-state index is 11.6. The fourth-order valence-electron chi connectivity index (χ4n) is 1.45. The number of rotatable bonds is 2. The molecule has 0 radical (unpaired) electrons. The van der Waals surface area contributed by atoms with E-state index in [0.717, 1.165) is 23.1 Å². The second kappa shape index (κ2) is 3.27. The van der Waals surface area contributed by atoms with E-state index >= 15 is 0 Å². The van der Waals surface area contributed by atoms with Gasteiger partial charge in [0.25, 0.3) is 0 Å². The molecular formula is C10H9N3OS. The molecule has 2 aromatic rings. The Bertz CT molecular complexity index is 518. The van der Waals surface area contributed by atoms with Crippen molar-refractivity contribution in [2.24, 2.45) is 5.92 Å². The zero-order valence-electron chi connectivity index (χ0n) is 7.93. The first-order valence-corrected chi connectivity index (χ1v) is 5.71. The third-order valence-corrected chi connectivity index (χ3v) is 3.27. The van der Waals surface area contributed by atoms with Crippen LogP contribution in [-0.2, 0) is 4.79 Å². The van der Waals surface area contributed by atoms with Gasteiger partial charge < -0.3 is 5.32 Å². The van der Waals surface area contributed by atoms with Gasteiger partial charge in [0, 0.05) is 5.92 Å². The maximum absolute atomic E-state index is 11.6. The van der Waals surface area contributed by atoms with Gasteiger partial charge in [-0.3, -0.25) is 4.79 Å². The molecule has 1 aliphatic rings. The molecule has 3 rings (SSSR count). The summed E-state index contributed by atoms with van der Waals surface area (Å²) < 4.78 is 0. The first-order chi connectivity index (χ1) is 7.34. The number of nitrogens with one attached hydrogen (secondary N) is 1. The van der Waals surface area contributed by atoms with Gasteiger partial charge in [-0.05, 0) is 24.3 Å². The molecule has 4 nitrogen and oxygen atoms in total. The number of fused-ring (bicyclic) bond motifs is 1. The lowest BCUT2D eigenvalue weighted by Gasteiger charge is -2.03. The number of anilines is 1. The van der Waals surface area contributed by atoms with Crippen molar-refractivity contribution in [3.05, 3.63) is 17.8 Å². The Balaban J connectivity index is 1.95. The number of hydrogen-bond donors (Lipinski definition) is 1. The Hall–Kier alpha value is -1.49. The summed E-state index contributed by atoms with van der Waals surface area (Å²) in [6, 6.07) is 1.93. The second-order valence-corrected chi connectivity index (χ2v) is 4.52. The number of thiophene rings is 1. The highest BCUT2D eigenvalue weighted by atomic mass is 32.1. The zero-order valence-corrected chi connectivity index (χ0v) is 8.75. The average molecular weight is 219 g/mol. The smallest absolute Gasteiger partial charge is 0.228 e. The number of carbonyl (C=O) groups excluding carboxylic acids is 1. The summed E-state index contributed by atoms with van der Waals surface area (Å²) in [4.78, 5) is 20.7. The van der Waals surface area contributed by atoms with E-state index in [1.54, 1.807) is 11.3 Å². The van der Waals surface area contributed by atoms with Gasteiger partial charge in [0.05, 0.1) is 5.39 Å². The third-order valence-electron chi connectivity index (χ3n) is 2.45. The predicted molar refractivity (Wildman–Crippen MR) is 58.8 cm³/mol. The molecule has 2 heterocycles. The second-order valence-electron chi connectivity index (χ2n) is 3.63. The molecule has 1 fully saturated rings. The lowest BCUT2D eigenvalue weighted by Crippen LogP contribution is -2.14. The Morgan fingerprint density at radius 3 is 3.13 bits per heavy atom. The average Bonchev–Trinajstić information content (AvgIpc) is 2.97. The molecule has 0 unspecified atom stereocenters. The molecule has 1 amide bonds. The Morgan fingerprint density at radius 2 is 2.33 bits per heavy atom. The minimum absolute atomic E-state index is 0.0844. The van der Waals surface area contributed by atoms with Crippen molar-refractivity contribution < 1.29 is 4.79 Å². The molecule has 0 aliphatic heterocycles. The Kier molecular flexibility index (Phi) is 1.92. The monoisotopic (exact) mass is 219 g/mol. The largest absolute Gasteiger partial charge is 0.310 e. The van der Waals surface area contributed by atoms with E-state index in [-0.39, 0.29) is 11.8 Å². The summed E-state index contributed by atoms with van der Waals surface area (Å²) >= 11 is 1.55. The summed E-state index contributed by atoms with van der Waals surface area (Å²) in [5.41, 5.74) is 0. The molecule has 2 aromatic heterocycles. The first-order valence-electron chi connectivity index (χ1n) is 4.83. The van der Waals surface area contributed by atoms with Crippen LogP contribution in [-0.4, -0.2) is 15.9 Å². The fourth-order valence-corrected chi connectivity index (χ4v) is 2.19. The summed E-state index contributed by atoms with van der Waals surface area (Å²) in [6.07, 6.45) is 3.49. The summed E-state index contributed by atoms with van der Waals surface area (Å²) in [6.45, 7) is 0. The van der Waals surface area contributed by atoms with E-state index in [0.29, 0.717) is 5.82 Å². The van der Waals surface area contributed by atoms with E-state index in [1.165, 1.54) is 6.33 Å². The van der Waals surface area contributed by atoms with Crippen LogP contribution in [0.1, 0.15) is 12.8 Å². The minimum atomic E-state index is 0.0844. The lowest BCUT2D eigenvalue weighted by molar-refractivity contribution is -0.117. The van der Waals surface area contributed by atoms with E-state index < -0.39 is 0 Å². The number of hydrogen-bond acceptors (Lipinski definition) is 4. The molecule has 1 N–H and O–H groups in total. The molecule has 1 saturated carbocycles. The molecule has 0 saturated heterocycles. The molecule has 0 aromatic carbocycles. The van der Waals surface area contributed by atoms with E-state index in [1.807, 2.05) is 11.4 Å². The topological polar surface area (TPSA) is 54.9 Å². The van der Waals surface area contributed by atoms with Gasteiger partial charge in [-0.2, -0.15) is 0 Å². The van der Waals surface area contributed by atoms with E-state index in [4.69, 9.17) is 0 Å². The summed E-state index contributed by atoms with van der Waals surface area (Å²) in [5.74, 6) is 0.924. The van der Waals surface area contributed by atoms with Gasteiger partial charge in [0.1, 0.15) is 17.0 Å². The molecule has 15 heavy (non-hydrogen) atoms. The number of nitrogens with zero attached hydrogens (tertiary/aromatic N) is 2. The third kappa shape index (κ3) is 1.59. The van der Waals surface area contributed by atoms with Crippen LogP contribution in [0.25, 0.3) is 10.2 Å². The molecular weight excluding hydrogens is 210 g/mol. The predicted octanol–water partition coefficient (Wildman–Crippen LogP) is 2.04.